The van der Waals surface area contributed by atoms with Crippen molar-refractivity contribution < 1.29 is 17.9 Å². The van der Waals surface area contributed by atoms with Gasteiger partial charge in [-0.2, -0.15) is 0 Å². The van der Waals surface area contributed by atoms with Crippen molar-refractivity contribution in [3.63, 3.8) is 0 Å². The van der Waals surface area contributed by atoms with Crippen molar-refractivity contribution in [3.05, 3.63) is 76.6 Å². The first-order valence-corrected chi connectivity index (χ1v) is 11.4. The van der Waals surface area contributed by atoms with Crippen molar-refractivity contribution >= 4 is 27.9 Å². The Morgan fingerprint density at radius 1 is 1.19 bits per heavy atom. The average molecular weight is 464 g/mol. The van der Waals surface area contributed by atoms with Gasteiger partial charge in [-0.15, -0.1) is 14.9 Å². The monoisotopic (exact) mass is 463 g/mol. The third-order valence-corrected chi connectivity index (χ3v) is 6.95. The molecule has 8 nitrogen and oxygen atoms in total. The summed E-state index contributed by atoms with van der Waals surface area (Å²) in [6, 6.07) is 11.7. The maximum absolute atomic E-state index is 13.8. The third kappa shape index (κ3) is 4.52. The zero-order valence-electron chi connectivity index (χ0n) is 16.3. The molecule has 11 heteroatoms. The van der Waals surface area contributed by atoms with Crippen LogP contribution < -0.4 is 10.0 Å². The summed E-state index contributed by atoms with van der Waals surface area (Å²) in [4.78, 5) is 12.7. The number of aryl methyl sites for hydroxylation is 1. The molecule has 162 valence electrons. The van der Waals surface area contributed by atoms with E-state index in [2.05, 4.69) is 20.2 Å². The van der Waals surface area contributed by atoms with E-state index in [-0.39, 0.29) is 28.9 Å². The summed E-state index contributed by atoms with van der Waals surface area (Å²) in [5.41, 5.74) is 0.380. The molecule has 2 aromatic carbocycles. The third-order valence-electron chi connectivity index (χ3n) is 5.05. The molecule has 3 aromatic rings. The van der Waals surface area contributed by atoms with Crippen molar-refractivity contribution in [1.29, 1.82) is 0 Å². The Labute approximate surface area is 184 Å². The fourth-order valence-electron chi connectivity index (χ4n) is 3.50. The normalized spacial score (nSPS) is 17.2. The first-order chi connectivity index (χ1) is 14.9. The van der Waals surface area contributed by atoms with E-state index in [0.717, 1.165) is 0 Å². The summed E-state index contributed by atoms with van der Waals surface area (Å²) in [6.45, 7) is -0.106. The Kier molecular flexibility index (Phi) is 6.15. The summed E-state index contributed by atoms with van der Waals surface area (Å²) in [5, 5.41) is 10.9. The highest BCUT2D eigenvalue weighted by Gasteiger charge is 2.33. The molecule has 0 fully saturated rings. The number of carbonyl (C=O) groups excluding carboxylic acids is 1. The van der Waals surface area contributed by atoms with Gasteiger partial charge in [-0.3, -0.25) is 4.79 Å². The van der Waals surface area contributed by atoms with Crippen LogP contribution in [0.15, 0.2) is 53.4 Å². The Morgan fingerprint density at radius 3 is 2.71 bits per heavy atom. The van der Waals surface area contributed by atoms with Gasteiger partial charge in [0.2, 0.25) is 5.91 Å². The lowest BCUT2D eigenvalue weighted by atomic mass is 10.1. The lowest BCUT2D eigenvalue weighted by molar-refractivity contribution is -0.124. The fraction of sp³-hybridized carbons (Fsp3) is 0.250. The number of benzene rings is 2. The summed E-state index contributed by atoms with van der Waals surface area (Å²) >= 11 is 5.99. The number of rotatable bonds is 7. The zero-order chi connectivity index (χ0) is 22.0. The van der Waals surface area contributed by atoms with Gasteiger partial charge < -0.3 is 14.4 Å². The molecule has 4 rings (SSSR count). The van der Waals surface area contributed by atoms with E-state index in [4.69, 9.17) is 11.6 Å². The van der Waals surface area contributed by atoms with Gasteiger partial charge in [0.15, 0.2) is 21.1 Å². The highest BCUT2D eigenvalue weighted by atomic mass is 35.5. The van der Waals surface area contributed by atoms with E-state index < -0.39 is 22.3 Å². The number of halogens is 2. The van der Waals surface area contributed by atoms with Crippen LogP contribution in [-0.4, -0.2) is 25.2 Å². The number of nitrogens with zero attached hydrogens (tertiary/aromatic N) is 3. The van der Waals surface area contributed by atoms with Crippen LogP contribution >= 0.6 is 11.6 Å². The smallest absolute Gasteiger partial charge is 0.243 e. The molecule has 0 saturated heterocycles. The van der Waals surface area contributed by atoms with E-state index in [1.165, 1.54) is 18.2 Å². The molecular weight excluding hydrogens is 445 g/mol. The van der Waals surface area contributed by atoms with Gasteiger partial charge in [-0.05, 0) is 24.6 Å². The molecule has 31 heavy (non-hydrogen) atoms. The molecule has 1 aromatic heterocycles. The molecule has 2 N–H and O–H groups in total. The van der Waals surface area contributed by atoms with Crippen molar-refractivity contribution in [2.24, 2.45) is 0 Å². The van der Waals surface area contributed by atoms with Crippen molar-refractivity contribution in [3.8, 4) is 0 Å². The predicted molar refractivity (Wildman–Crippen MR) is 111 cm³/mol. The van der Waals surface area contributed by atoms with Gasteiger partial charge >= 0.3 is 0 Å². The predicted octanol–water partition coefficient (Wildman–Crippen LogP) is 2.57. The van der Waals surface area contributed by atoms with Gasteiger partial charge in [0.25, 0.3) is 0 Å². The topological polar surface area (TPSA) is 112 Å². The van der Waals surface area contributed by atoms with Crippen LogP contribution in [0.2, 0.25) is 5.02 Å². The molecule has 1 aliphatic heterocycles. The van der Waals surface area contributed by atoms with E-state index >= 15 is 0 Å². The first kappa shape index (κ1) is 21.6. The van der Waals surface area contributed by atoms with E-state index in [0.29, 0.717) is 30.1 Å². The minimum absolute atomic E-state index is 0.0444. The van der Waals surface area contributed by atoms with Crippen molar-refractivity contribution in [2.75, 3.05) is 0 Å². The van der Waals surface area contributed by atoms with Crippen LogP contribution in [0.3, 0.4) is 0 Å². The molecule has 0 spiro atoms. The molecule has 0 bridgehead atoms. The summed E-state index contributed by atoms with van der Waals surface area (Å²) < 4.78 is 43.1. The molecule has 2 heterocycles. The standard InChI is InChI=1S/C20H19ClFN5O3S/c21-14-6-2-4-8-17(14)31(29,30)24-12-19-26-25-18-10-9-16(27(18)19)20(28)23-11-13-5-1-3-7-15(13)22/h1-8,16H,9-12H2,(H2-,23,24,28,29,30). The fourth-order valence-corrected chi connectivity index (χ4v) is 4.99. The van der Waals surface area contributed by atoms with Crippen LogP contribution in [0.4, 0.5) is 4.39 Å². The van der Waals surface area contributed by atoms with E-state index in [9.17, 15) is 17.9 Å². The minimum atomic E-state index is -3.88. The van der Waals surface area contributed by atoms with Gasteiger partial charge in [-0.25, -0.2) is 4.39 Å². The number of fused-ring (bicyclic) bond motifs is 1. The lowest BCUT2D eigenvalue weighted by Crippen LogP contribution is -2.34. The first-order valence-electron chi connectivity index (χ1n) is 9.55. The highest BCUT2D eigenvalue weighted by molar-refractivity contribution is 7.95. The quantitative estimate of drug-likeness (QED) is 0.523. The largest absolute Gasteiger partial charge is 0.593 e. The number of hydrogen-bond acceptors (Lipinski definition) is 5. The molecular formula is C20H19ClFN5O3S. The maximum atomic E-state index is 13.8. The van der Waals surface area contributed by atoms with Crippen LogP contribution in [-0.2, 0) is 38.9 Å². The zero-order valence-corrected chi connectivity index (χ0v) is 17.8. The molecule has 0 aliphatic carbocycles. The summed E-state index contributed by atoms with van der Waals surface area (Å²) in [7, 11) is -3.88. The number of aromatic nitrogens is 3. The number of nitrogens with one attached hydrogen (secondary N) is 2. The SMILES string of the molecule is O=C(NCc1ccccc1F)C1CCc2nnc(CN[S+](=O)([O-])c3ccccc3Cl)n21. The molecule has 0 saturated carbocycles. The van der Waals surface area contributed by atoms with Gasteiger partial charge in [0.1, 0.15) is 24.2 Å². The Bertz CT molecular complexity index is 1170. The van der Waals surface area contributed by atoms with E-state index in [1.54, 1.807) is 34.9 Å². The van der Waals surface area contributed by atoms with Crippen molar-refractivity contribution in [2.45, 2.75) is 36.9 Å². The molecule has 1 amide bonds. The number of amides is 1. The number of hydrogen-bond donors (Lipinski definition) is 2. The van der Waals surface area contributed by atoms with Crippen LogP contribution in [0.25, 0.3) is 0 Å². The Balaban J connectivity index is 1.46. The Morgan fingerprint density at radius 2 is 1.94 bits per heavy atom. The molecule has 1 aliphatic rings. The minimum Gasteiger partial charge on any atom is -0.593 e. The van der Waals surface area contributed by atoms with Gasteiger partial charge in [-0.1, -0.05) is 46.1 Å². The van der Waals surface area contributed by atoms with Crippen molar-refractivity contribution in [1.82, 2.24) is 24.8 Å². The lowest BCUT2D eigenvalue weighted by Gasteiger charge is -2.18. The number of sulfonamides is 1. The Hall–Kier alpha value is -2.66. The second-order valence-corrected chi connectivity index (χ2v) is 9.16. The van der Waals surface area contributed by atoms with Crippen LogP contribution in [0, 0.1) is 5.82 Å². The summed E-state index contributed by atoms with van der Waals surface area (Å²) in [5.74, 6) is 0.207. The molecule has 2 atom stereocenters. The average Bonchev–Trinajstić information content (AvgIpc) is 3.34. The summed E-state index contributed by atoms with van der Waals surface area (Å²) in [6.07, 6.45) is 1.03. The van der Waals surface area contributed by atoms with Crippen LogP contribution in [0.1, 0.15) is 29.7 Å². The van der Waals surface area contributed by atoms with Crippen LogP contribution in [0.5, 0.6) is 0 Å². The maximum Gasteiger partial charge on any atom is 0.243 e. The second kappa shape index (κ2) is 8.83. The van der Waals surface area contributed by atoms with Gasteiger partial charge in [0.05, 0.1) is 5.02 Å². The number of carbonyl (C=O) groups is 1. The highest BCUT2D eigenvalue weighted by Crippen LogP contribution is 2.28. The second-order valence-electron chi connectivity index (χ2n) is 7.02. The van der Waals surface area contributed by atoms with Gasteiger partial charge in [0, 0.05) is 18.5 Å². The molecule has 2 unspecified atom stereocenters. The molecule has 0 radical (unpaired) electrons. The van der Waals surface area contributed by atoms with E-state index in [1.807, 2.05) is 0 Å².